The molecule has 3 aromatic rings. The number of hydrazone groups is 1. The van der Waals surface area contributed by atoms with Gasteiger partial charge in [-0.3, -0.25) is 20.5 Å². The van der Waals surface area contributed by atoms with Gasteiger partial charge in [0, 0.05) is 17.6 Å². The first-order valence-corrected chi connectivity index (χ1v) is 6.47. The SMILES string of the molecule is O=[N+]([O-])c1ccc(NN=Cc2nccc3ccccc23)nc1. The van der Waals surface area contributed by atoms with Crippen molar-refractivity contribution < 1.29 is 4.92 Å². The zero-order valence-corrected chi connectivity index (χ0v) is 11.4. The van der Waals surface area contributed by atoms with E-state index in [4.69, 9.17) is 0 Å². The molecule has 2 aromatic heterocycles. The fraction of sp³-hybridized carbons (Fsp3) is 0. The van der Waals surface area contributed by atoms with Gasteiger partial charge in [0.25, 0.3) is 5.69 Å². The lowest BCUT2D eigenvalue weighted by molar-refractivity contribution is -0.385. The van der Waals surface area contributed by atoms with Crippen LogP contribution in [0.4, 0.5) is 11.5 Å². The van der Waals surface area contributed by atoms with Crippen LogP contribution in [0.2, 0.25) is 0 Å². The normalized spacial score (nSPS) is 10.9. The number of hydrogen-bond donors (Lipinski definition) is 1. The van der Waals surface area contributed by atoms with Gasteiger partial charge >= 0.3 is 0 Å². The van der Waals surface area contributed by atoms with Crippen molar-refractivity contribution in [1.82, 2.24) is 9.97 Å². The van der Waals surface area contributed by atoms with Crippen LogP contribution < -0.4 is 5.43 Å². The van der Waals surface area contributed by atoms with E-state index >= 15 is 0 Å². The van der Waals surface area contributed by atoms with Crippen LogP contribution in [-0.2, 0) is 0 Å². The molecule has 0 saturated heterocycles. The Morgan fingerprint density at radius 3 is 2.77 bits per heavy atom. The number of hydrogen-bond acceptors (Lipinski definition) is 6. The highest BCUT2D eigenvalue weighted by Crippen LogP contribution is 2.15. The molecule has 0 spiro atoms. The summed E-state index contributed by atoms with van der Waals surface area (Å²) in [4.78, 5) is 18.2. The van der Waals surface area contributed by atoms with Crippen molar-refractivity contribution in [2.24, 2.45) is 5.10 Å². The van der Waals surface area contributed by atoms with Gasteiger partial charge in [0.15, 0.2) is 0 Å². The van der Waals surface area contributed by atoms with E-state index in [0.29, 0.717) is 5.82 Å². The predicted molar refractivity (Wildman–Crippen MR) is 83.9 cm³/mol. The summed E-state index contributed by atoms with van der Waals surface area (Å²) in [5.74, 6) is 0.419. The zero-order chi connectivity index (χ0) is 15.4. The van der Waals surface area contributed by atoms with Crippen molar-refractivity contribution in [3.8, 4) is 0 Å². The highest BCUT2D eigenvalue weighted by atomic mass is 16.6. The summed E-state index contributed by atoms with van der Waals surface area (Å²) in [5, 5.41) is 16.7. The molecule has 0 bridgehead atoms. The molecule has 0 aliphatic rings. The second kappa shape index (κ2) is 5.96. The maximum Gasteiger partial charge on any atom is 0.287 e. The van der Waals surface area contributed by atoms with Crippen LogP contribution in [0.15, 0.2) is 60.0 Å². The number of benzene rings is 1. The van der Waals surface area contributed by atoms with Crippen molar-refractivity contribution in [2.45, 2.75) is 0 Å². The molecule has 0 aliphatic heterocycles. The number of nitrogens with one attached hydrogen (secondary N) is 1. The van der Waals surface area contributed by atoms with E-state index in [0.717, 1.165) is 16.5 Å². The fourth-order valence-electron chi connectivity index (χ4n) is 1.97. The summed E-state index contributed by atoms with van der Waals surface area (Å²) in [6, 6.07) is 12.6. The first kappa shape index (κ1) is 13.6. The van der Waals surface area contributed by atoms with Crippen LogP contribution in [0, 0.1) is 10.1 Å². The molecule has 0 atom stereocenters. The summed E-state index contributed by atoms with van der Waals surface area (Å²) >= 11 is 0. The summed E-state index contributed by atoms with van der Waals surface area (Å²) in [7, 11) is 0. The third-order valence-corrected chi connectivity index (χ3v) is 3.03. The monoisotopic (exact) mass is 293 g/mol. The Labute approximate surface area is 125 Å². The lowest BCUT2D eigenvalue weighted by Gasteiger charge is -2.01. The Bertz CT molecular complexity index is 841. The first-order chi connectivity index (χ1) is 10.7. The second-order valence-corrected chi connectivity index (χ2v) is 4.45. The summed E-state index contributed by atoms with van der Waals surface area (Å²) in [6.07, 6.45) is 4.48. The predicted octanol–water partition coefficient (Wildman–Crippen LogP) is 2.98. The molecule has 2 heterocycles. The van der Waals surface area contributed by atoms with Gasteiger partial charge in [-0.15, -0.1) is 0 Å². The molecule has 0 unspecified atom stereocenters. The van der Waals surface area contributed by atoms with Gasteiger partial charge in [-0.2, -0.15) is 5.10 Å². The van der Waals surface area contributed by atoms with E-state index in [1.807, 2.05) is 30.3 Å². The van der Waals surface area contributed by atoms with Gasteiger partial charge in [0.1, 0.15) is 12.0 Å². The summed E-state index contributed by atoms with van der Waals surface area (Å²) in [6.45, 7) is 0. The van der Waals surface area contributed by atoms with Crippen molar-refractivity contribution in [1.29, 1.82) is 0 Å². The van der Waals surface area contributed by atoms with Crippen molar-refractivity contribution in [2.75, 3.05) is 5.43 Å². The molecule has 22 heavy (non-hydrogen) atoms. The molecule has 1 N–H and O–H groups in total. The summed E-state index contributed by atoms with van der Waals surface area (Å²) in [5.41, 5.74) is 3.38. The number of aromatic nitrogens is 2. The number of pyridine rings is 2. The molecular weight excluding hydrogens is 282 g/mol. The minimum absolute atomic E-state index is 0.0646. The molecule has 0 aliphatic carbocycles. The Balaban J connectivity index is 1.77. The largest absolute Gasteiger partial charge is 0.287 e. The van der Waals surface area contributed by atoms with E-state index < -0.39 is 4.92 Å². The minimum Gasteiger partial charge on any atom is -0.261 e. The van der Waals surface area contributed by atoms with Crippen molar-refractivity contribution in [3.05, 3.63) is 70.7 Å². The molecule has 3 rings (SSSR count). The van der Waals surface area contributed by atoms with E-state index in [-0.39, 0.29) is 5.69 Å². The Hall–Kier alpha value is -3.35. The third-order valence-electron chi connectivity index (χ3n) is 3.03. The summed E-state index contributed by atoms with van der Waals surface area (Å²) < 4.78 is 0. The van der Waals surface area contributed by atoms with E-state index in [9.17, 15) is 10.1 Å². The van der Waals surface area contributed by atoms with Crippen LogP contribution >= 0.6 is 0 Å². The molecule has 0 amide bonds. The van der Waals surface area contributed by atoms with E-state index in [2.05, 4.69) is 20.5 Å². The van der Waals surface area contributed by atoms with Gasteiger partial charge in [-0.25, -0.2) is 4.98 Å². The lowest BCUT2D eigenvalue weighted by Crippen LogP contribution is -1.96. The van der Waals surface area contributed by atoms with Gasteiger partial charge in [0.05, 0.1) is 16.8 Å². The zero-order valence-electron chi connectivity index (χ0n) is 11.4. The minimum atomic E-state index is -0.500. The van der Waals surface area contributed by atoms with Crippen LogP contribution in [0.3, 0.4) is 0 Å². The third kappa shape index (κ3) is 2.88. The Kier molecular flexibility index (Phi) is 3.69. The van der Waals surface area contributed by atoms with Crippen molar-refractivity contribution in [3.63, 3.8) is 0 Å². The van der Waals surface area contributed by atoms with Crippen molar-refractivity contribution >= 4 is 28.5 Å². The number of nitro groups is 1. The Morgan fingerprint density at radius 1 is 1.14 bits per heavy atom. The quantitative estimate of drug-likeness (QED) is 0.453. The maximum atomic E-state index is 10.5. The fourth-order valence-corrected chi connectivity index (χ4v) is 1.97. The molecule has 0 saturated carbocycles. The second-order valence-electron chi connectivity index (χ2n) is 4.45. The highest BCUT2D eigenvalue weighted by molar-refractivity contribution is 5.97. The van der Waals surface area contributed by atoms with Gasteiger partial charge in [-0.1, -0.05) is 24.3 Å². The number of fused-ring (bicyclic) bond motifs is 1. The molecule has 1 aromatic carbocycles. The van der Waals surface area contributed by atoms with Crippen LogP contribution in [0.5, 0.6) is 0 Å². The topological polar surface area (TPSA) is 93.3 Å². The first-order valence-electron chi connectivity index (χ1n) is 6.47. The number of anilines is 1. The lowest BCUT2D eigenvalue weighted by atomic mass is 10.1. The average Bonchev–Trinajstić information content (AvgIpc) is 2.55. The Morgan fingerprint density at radius 2 is 2.00 bits per heavy atom. The molecule has 108 valence electrons. The van der Waals surface area contributed by atoms with Crippen LogP contribution in [0.25, 0.3) is 10.8 Å². The molecule has 0 radical (unpaired) electrons. The molecule has 7 nitrogen and oxygen atoms in total. The molecular formula is C15H11N5O2. The van der Waals surface area contributed by atoms with E-state index in [1.54, 1.807) is 12.4 Å². The van der Waals surface area contributed by atoms with E-state index in [1.165, 1.54) is 18.3 Å². The van der Waals surface area contributed by atoms with Gasteiger partial charge in [-0.05, 0) is 17.5 Å². The maximum absolute atomic E-state index is 10.5. The molecule has 0 fully saturated rings. The van der Waals surface area contributed by atoms with Crippen LogP contribution in [0.1, 0.15) is 5.69 Å². The highest BCUT2D eigenvalue weighted by Gasteiger charge is 2.04. The van der Waals surface area contributed by atoms with Gasteiger partial charge in [0.2, 0.25) is 0 Å². The van der Waals surface area contributed by atoms with Crippen LogP contribution in [-0.4, -0.2) is 21.1 Å². The van der Waals surface area contributed by atoms with Gasteiger partial charge < -0.3 is 0 Å². The smallest absolute Gasteiger partial charge is 0.261 e. The molecule has 7 heteroatoms. The number of rotatable bonds is 4. The standard InChI is InChI=1S/C15H11N5O2/c21-20(22)12-5-6-15(17-9-12)19-18-10-14-13-4-2-1-3-11(13)7-8-16-14/h1-10H,(H,17,19). The number of nitrogens with zero attached hydrogens (tertiary/aromatic N) is 4. The average molecular weight is 293 g/mol.